The molecule has 0 saturated carbocycles. The van der Waals surface area contributed by atoms with E-state index in [1.165, 1.54) is 9.75 Å². The average Bonchev–Trinajstić information content (AvgIpc) is 2.82. The van der Waals surface area contributed by atoms with Crippen molar-refractivity contribution in [2.75, 3.05) is 18.5 Å². The number of rotatable bonds is 4. The summed E-state index contributed by atoms with van der Waals surface area (Å²) in [6.07, 6.45) is 2.04. The van der Waals surface area contributed by atoms with Crippen LogP contribution in [0.2, 0.25) is 0 Å². The number of nitrogens with one attached hydrogen (secondary N) is 1. The quantitative estimate of drug-likeness (QED) is 0.920. The van der Waals surface area contributed by atoms with Gasteiger partial charge in [-0.1, -0.05) is 6.92 Å². The molecule has 2 heterocycles. The van der Waals surface area contributed by atoms with Crippen molar-refractivity contribution < 1.29 is 9.47 Å². The molecule has 0 saturated heterocycles. The molecule has 1 aromatic heterocycles. The highest BCUT2D eigenvalue weighted by Crippen LogP contribution is 2.32. The van der Waals surface area contributed by atoms with Crippen molar-refractivity contribution in [3.63, 3.8) is 0 Å². The van der Waals surface area contributed by atoms with Gasteiger partial charge < -0.3 is 14.8 Å². The summed E-state index contributed by atoms with van der Waals surface area (Å²) in [6.45, 7) is 4.49. The van der Waals surface area contributed by atoms with E-state index >= 15 is 0 Å². The maximum absolute atomic E-state index is 5.70. The van der Waals surface area contributed by atoms with Gasteiger partial charge in [0.1, 0.15) is 0 Å². The Morgan fingerprint density at radius 3 is 2.65 bits per heavy atom. The summed E-state index contributed by atoms with van der Waals surface area (Å²) in [5, 5.41) is 3.44. The van der Waals surface area contributed by atoms with E-state index in [9.17, 15) is 0 Å². The van der Waals surface area contributed by atoms with Crippen LogP contribution in [-0.2, 0) is 13.0 Å². The van der Waals surface area contributed by atoms with Crippen LogP contribution in [0, 0.1) is 0 Å². The van der Waals surface area contributed by atoms with Crippen molar-refractivity contribution in [1.29, 1.82) is 0 Å². The van der Waals surface area contributed by atoms with E-state index in [1.807, 2.05) is 29.5 Å². The van der Waals surface area contributed by atoms with Gasteiger partial charge in [0.05, 0.1) is 13.2 Å². The number of hydrogen-bond donors (Lipinski definition) is 1. The topological polar surface area (TPSA) is 30.5 Å². The second kappa shape index (κ2) is 6.18. The Morgan fingerprint density at radius 2 is 1.85 bits per heavy atom. The van der Waals surface area contributed by atoms with Crippen molar-refractivity contribution in [3.8, 4) is 11.5 Å². The fraction of sp³-hybridized carbons (Fsp3) is 0.375. The lowest BCUT2D eigenvalue weighted by Crippen LogP contribution is -1.98. The molecule has 4 heteroatoms. The minimum Gasteiger partial charge on any atom is -0.490 e. The monoisotopic (exact) mass is 289 g/mol. The van der Waals surface area contributed by atoms with Crippen molar-refractivity contribution in [2.24, 2.45) is 0 Å². The van der Waals surface area contributed by atoms with Gasteiger partial charge in [-0.25, -0.2) is 0 Å². The van der Waals surface area contributed by atoms with Gasteiger partial charge >= 0.3 is 0 Å². The normalized spacial score (nSPS) is 13.8. The summed E-state index contributed by atoms with van der Waals surface area (Å²) in [4.78, 5) is 2.79. The summed E-state index contributed by atoms with van der Waals surface area (Å²) >= 11 is 1.87. The van der Waals surface area contributed by atoms with Crippen LogP contribution in [0.4, 0.5) is 5.69 Å². The molecule has 1 aromatic carbocycles. The molecule has 0 spiro atoms. The van der Waals surface area contributed by atoms with Gasteiger partial charge in [0.25, 0.3) is 0 Å². The fourth-order valence-electron chi connectivity index (χ4n) is 2.17. The Morgan fingerprint density at radius 1 is 1.05 bits per heavy atom. The molecular weight excluding hydrogens is 270 g/mol. The number of fused-ring (bicyclic) bond motifs is 1. The molecular formula is C16H19NO2S. The van der Waals surface area contributed by atoms with E-state index in [4.69, 9.17) is 9.47 Å². The van der Waals surface area contributed by atoms with Crippen molar-refractivity contribution >= 4 is 17.0 Å². The molecule has 106 valence electrons. The molecule has 1 aliphatic heterocycles. The lowest BCUT2D eigenvalue weighted by molar-refractivity contribution is 0.297. The maximum atomic E-state index is 5.70. The van der Waals surface area contributed by atoms with Crippen LogP contribution >= 0.6 is 11.3 Å². The second-order valence-electron chi connectivity index (χ2n) is 4.79. The molecule has 2 aromatic rings. The van der Waals surface area contributed by atoms with Gasteiger partial charge in [0.2, 0.25) is 0 Å². The first-order chi connectivity index (χ1) is 9.85. The van der Waals surface area contributed by atoms with Crippen molar-refractivity contribution in [2.45, 2.75) is 26.3 Å². The Bertz CT molecular complexity index is 580. The molecule has 3 nitrogen and oxygen atoms in total. The third-order valence-corrected chi connectivity index (χ3v) is 4.51. The zero-order valence-corrected chi connectivity index (χ0v) is 12.5. The van der Waals surface area contributed by atoms with Crippen LogP contribution in [0.25, 0.3) is 0 Å². The third-order valence-electron chi connectivity index (χ3n) is 3.28. The summed E-state index contributed by atoms with van der Waals surface area (Å²) < 4.78 is 11.3. The zero-order chi connectivity index (χ0) is 13.8. The molecule has 0 aliphatic carbocycles. The third kappa shape index (κ3) is 3.07. The molecule has 0 atom stereocenters. The van der Waals surface area contributed by atoms with E-state index in [0.717, 1.165) is 49.8 Å². The number of aryl methyl sites for hydroxylation is 1. The molecule has 0 amide bonds. The van der Waals surface area contributed by atoms with Gasteiger partial charge in [-0.05, 0) is 30.7 Å². The summed E-state index contributed by atoms with van der Waals surface area (Å²) in [7, 11) is 0. The Labute approximate surface area is 123 Å². The number of anilines is 1. The van der Waals surface area contributed by atoms with E-state index in [2.05, 4.69) is 24.4 Å². The Hall–Kier alpha value is -1.68. The van der Waals surface area contributed by atoms with Crippen LogP contribution in [0.3, 0.4) is 0 Å². The smallest absolute Gasteiger partial charge is 0.163 e. The zero-order valence-electron chi connectivity index (χ0n) is 11.6. The van der Waals surface area contributed by atoms with E-state index < -0.39 is 0 Å². The van der Waals surface area contributed by atoms with Crippen LogP contribution in [0.5, 0.6) is 11.5 Å². The summed E-state index contributed by atoms with van der Waals surface area (Å²) in [5.41, 5.74) is 1.07. The summed E-state index contributed by atoms with van der Waals surface area (Å²) in [5.74, 6) is 1.69. The van der Waals surface area contributed by atoms with Crippen LogP contribution in [0.15, 0.2) is 30.3 Å². The first-order valence-electron chi connectivity index (χ1n) is 7.06. The van der Waals surface area contributed by atoms with E-state index in [0.29, 0.717) is 0 Å². The van der Waals surface area contributed by atoms with Crippen LogP contribution in [0.1, 0.15) is 23.1 Å². The van der Waals surface area contributed by atoms with Gasteiger partial charge in [-0.15, -0.1) is 11.3 Å². The minimum absolute atomic E-state index is 0.723. The van der Waals surface area contributed by atoms with Crippen LogP contribution in [-0.4, -0.2) is 13.2 Å². The lowest BCUT2D eigenvalue weighted by atomic mass is 10.2. The van der Waals surface area contributed by atoms with Gasteiger partial charge in [0, 0.05) is 34.5 Å². The SMILES string of the molecule is CCc1ccc(CNc2ccc3c(c2)OCCCO3)s1. The van der Waals surface area contributed by atoms with E-state index in [1.54, 1.807) is 0 Å². The largest absolute Gasteiger partial charge is 0.490 e. The van der Waals surface area contributed by atoms with Gasteiger partial charge in [-0.2, -0.15) is 0 Å². The minimum atomic E-state index is 0.723. The predicted octanol–water partition coefficient (Wildman–Crippen LogP) is 4.08. The number of benzene rings is 1. The maximum Gasteiger partial charge on any atom is 0.163 e. The predicted molar refractivity (Wildman–Crippen MR) is 83.1 cm³/mol. The Kier molecular flexibility index (Phi) is 4.11. The second-order valence-corrected chi connectivity index (χ2v) is 6.04. The van der Waals surface area contributed by atoms with E-state index in [-0.39, 0.29) is 0 Å². The van der Waals surface area contributed by atoms with Crippen LogP contribution < -0.4 is 14.8 Å². The molecule has 0 unspecified atom stereocenters. The van der Waals surface area contributed by atoms with Crippen molar-refractivity contribution in [1.82, 2.24) is 0 Å². The first kappa shape index (κ1) is 13.3. The molecule has 1 aliphatic rings. The number of hydrogen-bond acceptors (Lipinski definition) is 4. The highest BCUT2D eigenvalue weighted by Gasteiger charge is 2.10. The molecule has 0 radical (unpaired) electrons. The number of ether oxygens (including phenoxy) is 2. The number of thiophene rings is 1. The standard InChI is InChI=1S/C16H19NO2S/c1-2-13-5-6-14(20-13)11-17-12-4-7-15-16(10-12)19-9-3-8-18-15/h4-7,10,17H,2-3,8-9,11H2,1H3. The average molecular weight is 289 g/mol. The molecule has 20 heavy (non-hydrogen) atoms. The fourth-order valence-corrected chi connectivity index (χ4v) is 3.07. The van der Waals surface area contributed by atoms with Gasteiger partial charge in [-0.3, -0.25) is 0 Å². The van der Waals surface area contributed by atoms with Gasteiger partial charge in [0.15, 0.2) is 11.5 Å². The lowest BCUT2D eigenvalue weighted by Gasteiger charge is -2.10. The first-order valence-corrected chi connectivity index (χ1v) is 7.88. The summed E-state index contributed by atoms with van der Waals surface area (Å²) in [6, 6.07) is 10.4. The highest BCUT2D eigenvalue weighted by molar-refractivity contribution is 7.12. The van der Waals surface area contributed by atoms with Crippen molar-refractivity contribution in [3.05, 3.63) is 40.1 Å². The molecule has 0 bridgehead atoms. The molecule has 3 rings (SSSR count). The Balaban J connectivity index is 1.67. The highest BCUT2D eigenvalue weighted by atomic mass is 32.1. The molecule has 0 fully saturated rings. The molecule has 1 N–H and O–H groups in total.